The second-order valence-corrected chi connectivity index (χ2v) is 7.60. The van der Waals surface area contributed by atoms with E-state index in [0.29, 0.717) is 23.5 Å². The van der Waals surface area contributed by atoms with Crippen molar-refractivity contribution in [3.63, 3.8) is 0 Å². The summed E-state index contributed by atoms with van der Waals surface area (Å²) in [5.41, 5.74) is 8.08. The Kier molecular flexibility index (Phi) is 6.17. The molecule has 1 heterocycles. The Morgan fingerprint density at radius 2 is 1.59 bits per heavy atom. The number of carbonyl (C=O) groups is 3. The molecule has 4 rings (SSSR count). The summed E-state index contributed by atoms with van der Waals surface area (Å²) >= 11 is 0. The van der Waals surface area contributed by atoms with E-state index in [9.17, 15) is 14.4 Å². The largest absolute Gasteiger partial charge is 0.478 e. The topological polar surface area (TPSA) is 102 Å². The van der Waals surface area contributed by atoms with Crippen molar-refractivity contribution < 1.29 is 19.1 Å². The number of carbonyl (C=O) groups excluding carboxylic acids is 3. The van der Waals surface area contributed by atoms with Gasteiger partial charge in [-0.3, -0.25) is 14.4 Å². The molecule has 162 valence electrons. The van der Waals surface area contributed by atoms with Crippen LogP contribution in [0.5, 0.6) is 5.75 Å². The van der Waals surface area contributed by atoms with Gasteiger partial charge >= 0.3 is 0 Å². The van der Waals surface area contributed by atoms with Gasteiger partial charge in [-0.15, -0.1) is 0 Å². The first-order valence-corrected chi connectivity index (χ1v) is 10.3. The summed E-state index contributed by atoms with van der Waals surface area (Å²) in [5.74, 6) is -0.585. The first-order chi connectivity index (χ1) is 15.5. The highest BCUT2D eigenvalue weighted by Crippen LogP contribution is 2.30. The van der Waals surface area contributed by atoms with Gasteiger partial charge in [-0.2, -0.15) is 0 Å². The maximum Gasteiger partial charge on any atom is 0.266 e. The number of rotatable bonds is 7. The second-order valence-electron chi connectivity index (χ2n) is 7.60. The van der Waals surface area contributed by atoms with Crippen LogP contribution in [0.2, 0.25) is 0 Å². The summed E-state index contributed by atoms with van der Waals surface area (Å²) in [6, 6.07) is 23.6. The van der Waals surface area contributed by atoms with Gasteiger partial charge in [-0.25, -0.2) is 0 Å². The molecule has 1 atom stereocenters. The maximum atomic E-state index is 13.3. The van der Waals surface area contributed by atoms with Crippen molar-refractivity contribution in [1.82, 2.24) is 4.90 Å². The maximum absolute atomic E-state index is 13.3. The normalized spacial score (nSPS) is 14.6. The molecule has 1 aliphatic heterocycles. The zero-order valence-electron chi connectivity index (χ0n) is 17.4. The molecule has 7 heteroatoms. The summed E-state index contributed by atoms with van der Waals surface area (Å²) in [7, 11) is 0. The molecule has 0 aliphatic carbocycles. The van der Waals surface area contributed by atoms with E-state index in [1.165, 1.54) is 0 Å². The monoisotopic (exact) mass is 429 g/mol. The quantitative estimate of drug-likeness (QED) is 0.602. The molecule has 0 spiro atoms. The van der Waals surface area contributed by atoms with E-state index in [4.69, 9.17) is 10.5 Å². The minimum absolute atomic E-state index is 0.109. The predicted molar refractivity (Wildman–Crippen MR) is 120 cm³/mol. The molecule has 3 amide bonds. The standard InChI is InChI=1S/C25H23N3O4/c26-24(30)19-10-6-9-18(13-19)16-28(15-17-7-2-1-3-8-17)23(29)14-22-25(31)27-20-11-4-5-12-21(20)32-22/h1-13,22H,14-16H2,(H2,26,30)(H,27,31). The Morgan fingerprint density at radius 1 is 0.906 bits per heavy atom. The molecule has 0 bridgehead atoms. The molecule has 1 aliphatic rings. The van der Waals surface area contributed by atoms with Crippen LogP contribution in [0.4, 0.5) is 5.69 Å². The second kappa shape index (κ2) is 9.34. The summed E-state index contributed by atoms with van der Waals surface area (Å²) in [4.78, 5) is 39.0. The molecule has 0 fully saturated rings. The van der Waals surface area contributed by atoms with Gasteiger partial charge in [0, 0.05) is 18.7 Å². The molecule has 0 aromatic heterocycles. The van der Waals surface area contributed by atoms with E-state index in [-0.39, 0.29) is 24.8 Å². The summed E-state index contributed by atoms with van der Waals surface area (Å²) in [6.45, 7) is 0.616. The van der Waals surface area contributed by atoms with Crippen LogP contribution in [0, 0.1) is 0 Å². The summed E-state index contributed by atoms with van der Waals surface area (Å²) in [6.07, 6.45) is -1.03. The van der Waals surface area contributed by atoms with E-state index >= 15 is 0 Å². The molecule has 3 aromatic rings. The fourth-order valence-corrected chi connectivity index (χ4v) is 3.59. The number of nitrogens with two attached hydrogens (primary N) is 1. The number of para-hydroxylation sites is 2. The zero-order valence-corrected chi connectivity index (χ0v) is 17.4. The Morgan fingerprint density at radius 3 is 2.38 bits per heavy atom. The van der Waals surface area contributed by atoms with Crippen LogP contribution < -0.4 is 15.8 Å². The molecule has 0 saturated carbocycles. The van der Waals surface area contributed by atoms with E-state index < -0.39 is 12.0 Å². The third-order valence-electron chi connectivity index (χ3n) is 5.22. The molecule has 32 heavy (non-hydrogen) atoms. The Hall–Kier alpha value is -4.13. The van der Waals surface area contributed by atoms with E-state index in [1.807, 2.05) is 42.5 Å². The van der Waals surface area contributed by atoms with Crippen molar-refractivity contribution in [3.8, 4) is 5.75 Å². The number of hydrogen-bond acceptors (Lipinski definition) is 4. The highest BCUT2D eigenvalue weighted by molar-refractivity contribution is 6.00. The van der Waals surface area contributed by atoms with Gasteiger partial charge in [-0.1, -0.05) is 54.6 Å². The highest BCUT2D eigenvalue weighted by Gasteiger charge is 2.31. The van der Waals surface area contributed by atoms with Crippen LogP contribution in [-0.4, -0.2) is 28.7 Å². The van der Waals surface area contributed by atoms with Crippen LogP contribution in [0.25, 0.3) is 0 Å². The number of amides is 3. The van der Waals surface area contributed by atoms with Crippen molar-refractivity contribution >= 4 is 23.4 Å². The average molecular weight is 429 g/mol. The lowest BCUT2D eigenvalue weighted by atomic mass is 10.1. The number of anilines is 1. The third-order valence-corrected chi connectivity index (χ3v) is 5.22. The molecule has 0 radical (unpaired) electrons. The number of ether oxygens (including phenoxy) is 1. The van der Waals surface area contributed by atoms with Crippen LogP contribution in [0.15, 0.2) is 78.9 Å². The van der Waals surface area contributed by atoms with Gasteiger partial charge in [0.2, 0.25) is 11.8 Å². The van der Waals surface area contributed by atoms with Crippen molar-refractivity contribution in [2.75, 3.05) is 5.32 Å². The summed E-state index contributed by atoms with van der Waals surface area (Å²) in [5, 5.41) is 2.79. The number of primary amides is 1. The van der Waals surface area contributed by atoms with Crippen LogP contribution in [-0.2, 0) is 22.7 Å². The van der Waals surface area contributed by atoms with Crippen molar-refractivity contribution in [3.05, 3.63) is 95.6 Å². The van der Waals surface area contributed by atoms with Crippen molar-refractivity contribution in [2.45, 2.75) is 25.6 Å². The van der Waals surface area contributed by atoms with Gasteiger partial charge < -0.3 is 20.7 Å². The molecule has 3 N–H and O–H groups in total. The van der Waals surface area contributed by atoms with Crippen molar-refractivity contribution in [1.29, 1.82) is 0 Å². The zero-order chi connectivity index (χ0) is 22.5. The number of hydrogen-bond donors (Lipinski definition) is 2. The molecule has 0 saturated heterocycles. The van der Waals surface area contributed by atoms with E-state index in [0.717, 1.165) is 11.1 Å². The Labute approximate surface area is 185 Å². The molecule has 7 nitrogen and oxygen atoms in total. The molecule has 1 unspecified atom stereocenters. The number of fused-ring (bicyclic) bond motifs is 1. The van der Waals surface area contributed by atoms with E-state index in [2.05, 4.69) is 5.32 Å². The summed E-state index contributed by atoms with van der Waals surface area (Å²) < 4.78 is 5.80. The number of benzene rings is 3. The minimum Gasteiger partial charge on any atom is -0.478 e. The fourth-order valence-electron chi connectivity index (χ4n) is 3.59. The van der Waals surface area contributed by atoms with Crippen molar-refractivity contribution in [2.24, 2.45) is 5.73 Å². The lowest BCUT2D eigenvalue weighted by Gasteiger charge is -2.28. The number of nitrogens with zero attached hydrogens (tertiary/aromatic N) is 1. The molecular weight excluding hydrogens is 406 g/mol. The van der Waals surface area contributed by atoms with E-state index in [1.54, 1.807) is 41.3 Å². The van der Waals surface area contributed by atoms with Gasteiger partial charge in [0.05, 0.1) is 12.1 Å². The molecular formula is C25H23N3O4. The van der Waals surface area contributed by atoms with Gasteiger partial charge in [0.25, 0.3) is 5.91 Å². The highest BCUT2D eigenvalue weighted by atomic mass is 16.5. The van der Waals surface area contributed by atoms with Crippen LogP contribution in [0.3, 0.4) is 0 Å². The lowest BCUT2D eigenvalue weighted by Crippen LogP contribution is -2.42. The lowest BCUT2D eigenvalue weighted by molar-refractivity contribution is -0.138. The fraction of sp³-hybridized carbons (Fsp3) is 0.160. The Bertz CT molecular complexity index is 1150. The van der Waals surface area contributed by atoms with Crippen LogP contribution in [0.1, 0.15) is 27.9 Å². The van der Waals surface area contributed by atoms with Gasteiger partial charge in [-0.05, 0) is 35.4 Å². The average Bonchev–Trinajstić information content (AvgIpc) is 2.80. The smallest absolute Gasteiger partial charge is 0.266 e. The Balaban J connectivity index is 1.54. The first-order valence-electron chi connectivity index (χ1n) is 10.3. The minimum atomic E-state index is -0.923. The first kappa shape index (κ1) is 21.1. The number of nitrogens with one attached hydrogen (secondary N) is 1. The predicted octanol–water partition coefficient (Wildman–Crippen LogP) is 3.10. The SMILES string of the molecule is NC(=O)c1cccc(CN(Cc2ccccc2)C(=O)CC2Oc3ccccc3NC2=O)c1. The third kappa shape index (κ3) is 4.95. The van der Waals surface area contributed by atoms with Gasteiger partial charge in [0.1, 0.15) is 5.75 Å². The van der Waals surface area contributed by atoms with Crippen LogP contribution >= 0.6 is 0 Å². The molecule has 3 aromatic carbocycles. The van der Waals surface area contributed by atoms with Gasteiger partial charge in [0.15, 0.2) is 6.10 Å².